The third-order valence-corrected chi connectivity index (χ3v) is 15.1. The molecule has 3 amide bonds. The highest BCUT2D eigenvalue weighted by Crippen LogP contribution is 2.45. The molecule has 1 aliphatic carbocycles. The number of fused-ring (bicyclic) bond motifs is 1. The zero-order valence-electron chi connectivity index (χ0n) is 34.9. The van der Waals surface area contributed by atoms with Crippen LogP contribution in [0.4, 0.5) is 15.8 Å². The third-order valence-electron chi connectivity index (χ3n) is 12.3. The van der Waals surface area contributed by atoms with E-state index in [4.69, 9.17) is 4.74 Å². The van der Waals surface area contributed by atoms with Gasteiger partial charge in [-0.25, -0.2) is 17.5 Å². The van der Waals surface area contributed by atoms with Gasteiger partial charge in [-0.15, -0.1) is 0 Å². The van der Waals surface area contributed by atoms with E-state index in [1.165, 1.54) is 23.7 Å². The van der Waals surface area contributed by atoms with Gasteiger partial charge in [0.05, 0.1) is 17.5 Å². The van der Waals surface area contributed by atoms with Crippen LogP contribution in [0, 0.1) is 5.82 Å². The average Bonchev–Trinajstić information content (AvgIpc) is 3.82. The molecule has 0 spiro atoms. The minimum Gasteiger partial charge on any atom is -0.489 e. The molecule has 4 aromatic rings. The van der Waals surface area contributed by atoms with Crippen LogP contribution in [-0.2, 0) is 43.0 Å². The highest BCUT2D eigenvalue weighted by atomic mass is 32.2. The predicted octanol–water partition coefficient (Wildman–Crippen LogP) is 4.87. The summed E-state index contributed by atoms with van der Waals surface area (Å²) in [7, 11) is -6.18. The molecule has 62 heavy (non-hydrogen) atoms. The Morgan fingerprint density at radius 1 is 0.887 bits per heavy atom. The first kappa shape index (κ1) is 43.4. The van der Waals surface area contributed by atoms with Crippen molar-refractivity contribution >= 4 is 60.2 Å². The summed E-state index contributed by atoms with van der Waals surface area (Å²) in [6.07, 6.45) is 10.4. The minimum atomic E-state index is -4.19. The molecule has 1 aromatic heterocycles. The van der Waals surface area contributed by atoms with Crippen LogP contribution in [0.3, 0.4) is 0 Å². The fourth-order valence-electron chi connectivity index (χ4n) is 9.09. The molecule has 3 aromatic carbocycles. The second-order valence-corrected chi connectivity index (χ2v) is 20.2. The molecule has 0 unspecified atom stereocenters. The topological polar surface area (TPSA) is 171 Å². The van der Waals surface area contributed by atoms with Gasteiger partial charge in [-0.05, 0) is 73.2 Å². The first-order chi connectivity index (χ1) is 29.7. The number of hydrogen-bond donors (Lipinski definition) is 2. The van der Waals surface area contributed by atoms with Crippen molar-refractivity contribution in [3.05, 3.63) is 89.3 Å². The summed E-state index contributed by atoms with van der Waals surface area (Å²) in [6, 6.07) is 15.3. The second-order valence-electron chi connectivity index (χ2n) is 16.4. The number of nitrogens with one attached hydrogen (secondary N) is 2. The fourth-order valence-corrected chi connectivity index (χ4v) is 10.7. The molecule has 0 radical (unpaired) electrons. The maximum Gasteiger partial charge on any atom is 0.304 e. The Bertz CT molecular complexity index is 2650. The quantitative estimate of drug-likeness (QED) is 0.234. The number of benzene rings is 3. The zero-order chi connectivity index (χ0) is 43.8. The lowest BCUT2D eigenvalue weighted by Crippen LogP contribution is -2.48. The van der Waals surface area contributed by atoms with Crippen LogP contribution in [0.15, 0.2) is 66.7 Å². The number of rotatable bonds is 8. The van der Waals surface area contributed by atoms with Crippen LogP contribution in [0.1, 0.15) is 72.3 Å². The van der Waals surface area contributed by atoms with Gasteiger partial charge in [-0.2, -0.15) is 17.0 Å². The molecule has 330 valence electrons. The number of ether oxygens (including phenoxy) is 1. The summed E-state index contributed by atoms with van der Waals surface area (Å²) in [5.41, 5.74) is 4.52. The van der Waals surface area contributed by atoms with Gasteiger partial charge in [0.25, 0.3) is 5.91 Å². The maximum absolute atomic E-state index is 16.9. The Kier molecular flexibility index (Phi) is 12.5. The molecule has 8 rings (SSSR count). The molecular weight excluding hydrogens is 838 g/mol. The number of nitrogens with zero attached hydrogens (tertiary/aromatic N) is 5. The number of anilines is 2. The molecule has 1 saturated carbocycles. The highest BCUT2D eigenvalue weighted by Gasteiger charge is 2.31. The lowest BCUT2D eigenvalue weighted by Gasteiger charge is -2.36. The molecular formula is C44H52FN7O8S2. The first-order valence-corrected chi connectivity index (χ1v) is 24.4. The monoisotopic (exact) mass is 889 g/mol. The van der Waals surface area contributed by atoms with Crippen molar-refractivity contribution in [2.24, 2.45) is 0 Å². The molecule has 4 heterocycles. The smallest absolute Gasteiger partial charge is 0.304 e. The third kappa shape index (κ3) is 9.09. The van der Waals surface area contributed by atoms with Gasteiger partial charge in [0.15, 0.2) is 0 Å². The van der Waals surface area contributed by atoms with Gasteiger partial charge < -0.3 is 24.4 Å². The maximum atomic E-state index is 16.9. The van der Waals surface area contributed by atoms with Gasteiger partial charge in [-0.3, -0.25) is 14.4 Å². The van der Waals surface area contributed by atoms with Gasteiger partial charge in [-0.1, -0.05) is 37.5 Å². The fraction of sp³-hybridized carbons (Fsp3) is 0.432. The molecule has 18 heteroatoms. The number of piperazine rings is 1. The van der Waals surface area contributed by atoms with Crippen LogP contribution in [-0.4, -0.2) is 107 Å². The van der Waals surface area contributed by atoms with E-state index >= 15 is 4.39 Å². The lowest BCUT2D eigenvalue weighted by molar-refractivity contribution is -0.121. The molecule has 15 nitrogen and oxygen atoms in total. The number of carbonyl (C=O) groups excluding carboxylic acids is 3. The number of carbonyl (C=O) groups is 3. The number of sulfonamides is 1. The number of likely N-dealkylation sites (N-methyl/N-ethyl adjacent to an activating group) is 1. The van der Waals surface area contributed by atoms with Crippen LogP contribution in [0.2, 0.25) is 0 Å². The van der Waals surface area contributed by atoms with Crippen molar-refractivity contribution < 1.29 is 40.3 Å². The standard InChI is InChI=1S/C44H52FN7O8S2/c1-48-19-7-6-18-46-40(53)28-52-39-26-31(44(55)47-62(48,58)59)12-15-36(39)42(30-9-4-3-5-10-30)43(52)35-16-14-34(27-37(35)45)60-29-32-25-33(51-20-8-11-41(51)54)13-17-38(32)49-21-23-50(24-22-49)61(2,56)57/h6-7,12-17,25-27,30H,3-5,8-11,18-24,28-29H2,1-2H3,(H,46,53)(H,47,55). The SMILES string of the molecule is CN1CC=CCNC(=O)Cn2c(-c3ccc(OCc4cc(N5CCCC5=O)ccc4N4CCN(S(C)(=O)=O)CC4)cc3F)c(C3CCCCC3)c3ccc(cc32)C(=O)NS1(=O)=O. The number of amides is 3. The van der Waals surface area contributed by atoms with Crippen LogP contribution < -0.4 is 24.6 Å². The van der Waals surface area contributed by atoms with Crippen LogP contribution >= 0.6 is 0 Å². The van der Waals surface area contributed by atoms with Crippen molar-refractivity contribution in [2.45, 2.75) is 64.0 Å². The van der Waals surface area contributed by atoms with Gasteiger partial charge >= 0.3 is 10.2 Å². The summed E-state index contributed by atoms with van der Waals surface area (Å²) in [5, 5.41) is 3.62. The van der Waals surface area contributed by atoms with Gasteiger partial charge in [0.1, 0.15) is 24.7 Å². The van der Waals surface area contributed by atoms with Crippen molar-refractivity contribution in [3.63, 3.8) is 0 Å². The van der Waals surface area contributed by atoms with Gasteiger partial charge in [0.2, 0.25) is 21.8 Å². The van der Waals surface area contributed by atoms with Crippen molar-refractivity contribution in [1.29, 1.82) is 0 Å². The number of hydrogen-bond acceptors (Lipinski definition) is 9. The molecule has 3 aliphatic heterocycles. The van der Waals surface area contributed by atoms with Crippen molar-refractivity contribution in [2.75, 3.05) is 68.9 Å². The van der Waals surface area contributed by atoms with E-state index in [0.717, 1.165) is 70.7 Å². The number of aromatic nitrogens is 1. The lowest BCUT2D eigenvalue weighted by atomic mass is 9.81. The van der Waals surface area contributed by atoms with E-state index in [2.05, 4.69) is 14.9 Å². The molecule has 2 bridgehead atoms. The Hall–Kier alpha value is -5.30. The molecule has 0 atom stereocenters. The van der Waals surface area contributed by atoms with E-state index in [0.29, 0.717) is 50.4 Å². The predicted molar refractivity (Wildman–Crippen MR) is 235 cm³/mol. The first-order valence-electron chi connectivity index (χ1n) is 21.1. The Morgan fingerprint density at radius 3 is 2.37 bits per heavy atom. The summed E-state index contributed by atoms with van der Waals surface area (Å²) in [4.78, 5) is 43.6. The summed E-state index contributed by atoms with van der Waals surface area (Å²) in [6.45, 7) is 2.12. The second kappa shape index (κ2) is 17.8. The van der Waals surface area contributed by atoms with E-state index < -0.39 is 32.0 Å². The van der Waals surface area contributed by atoms with Crippen molar-refractivity contribution in [1.82, 2.24) is 23.2 Å². The Labute approximate surface area is 361 Å². The summed E-state index contributed by atoms with van der Waals surface area (Å²) in [5.74, 6) is -1.44. The summed E-state index contributed by atoms with van der Waals surface area (Å²) >= 11 is 0. The Balaban J connectivity index is 1.16. The molecule has 3 fully saturated rings. The molecule has 2 saturated heterocycles. The van der Waals surface area contributed by atoms with Crippen LogP contribution in [0.5, 0.6) is 5.75 Å². The molecule has 2 N–H and O–H groups in total. The molecule has 4 aliphatic rings. The average molecular weight is 890 g/mol. The zero-order valence-corrected chi connectivity index (χ0v) is 36.6. The minimum absolute atomic E-state index is 0.0246. The summed E-state index contributed by atoms with van der Waals surface area (Å²) < 4.78 is 80.1. The Morgan fingerprint density at radius 2 is 1.66 bits per heavy atom. The van der Waals surface area contributed by atoms with E-state index in [1.54, 1.807) is 52.0 Å². The number of halogens is 1. The van der Waals surface area contributed by atoms with Crippen molar-refractivity contribution in [3.8, 4) is 17.0 Å². The normalized spacial score (nSPS) is 20.0. The largest absolute Gasteiger partial charge is 0.489 e. The van der Waals surface area contributed by atoms with E-state index in [1.807, 2.05) is 18.2 Å². The van der Waals surface area contributed by atoms with E-state index in [-0.39, 0.29) is 60.8 Å². The highest BCUT2D eigenvalue weighted by molar-refractivity contribution is 7.88. The van der Waals surface area contributed by atoms with Gasteiger partial charge in [0, 0.05) is 98.8 Å². The van der Waals surface area contributed by atoms with Crippen LogP contribution in [0.25, 0.3) is 22.2 Å². The van der Waals surface area contributed by atoms with E-state index in [9.17, 15) is 31.2 Å².